The van der Waals surface area contributed by atoms with Gasteiger partial charge in [0.2, 0.25) is 0 Å². The Hall–Kier alpha value is -0.340. The third-order valence-electron chi connectivity index (χ3n) is 2.71. The Morgan fingerprint density at radius 3 is 2.62 bits per heavy atom. The van der Waals surface area contributed by atoms with Gasteiger partial charge in [0, 0.05) is 10.5 Å². The first kappa shape index (κ1) is 9.22. The van der Waals surface area contributed by atoms with Gasteiger partial charge in [-0.25, -0.2) is 0 Å². The predicted molar refractivity (Wildman–Crippen MR) is 58.9 cm³/mol. The lowest BCUT2D eigenvalue weighted by molar-refractivity contribution is 0.721. The average molecular weight is 240 g/mol. The minimum atomic E-state index is 0.342. The zero-order valence-corrected chi connectivity index (χ0v) is 9.39. The molecule has 0 radical (unpaired) electrons. The molecule has 1 aliphatic carbocycles. The Morgan fingerprint density at radius 2 is 2.00 bits per heavy atom. The van der Waals surface area contributed by atoms with E-state index >= 15 is 0 Å². The van der Waals surface area contributed by atoms with Crippen molar-refractivity contribution < 1.29 is 0 Å². The normalized spacial score (nSPS) is 20.4. The number of fused-ring (bicyclic) bond motifs is 1. The Labute approximate surface area is 87.5 Å². The Bertz CT molecular complexity index is 333. The molecule has 13 heavy (non-hydrogen) atoms. The summed E-state index contributed by atoms with van der Waals surface area (Å²) in [4.78, 5) is 0. The summed E-state index contributed by atoms with van der Waals surface area (Å²) in [5.74, 6) is 0. The fraction of sp³-hybridized carbons (Fsp3) is 0.455. The van der Waals surface area contributed by atoms with Crippen LogP contribution < -0.4 is 5.73 Å². The zero-order chi connectivity index (χ0) is 9.42. The van der Waals surface area contributed by atoms with Crippen LogP contribution in [0.2, 0.25) is 0 Å². The zero-order valence-electron chi connectivity index (χ0n) is 7.81. The first-order valence-electron chi connectivity index (χ1n) is 4.76. The van der Waals surface area contributed by atoms with Gasteiger partial charge in [-0.15, -0.1) is 0 Å². The van der Waals surface area contributed by atoms with Crippen LogP contribution in [0.1, 0.15) is 23.6 Å². The summed E-state index contributed by atoms with van der Waals surface area (Å²) in [6, 6.07) is 4.88. The van der Waals surface area contributed by atoms with Crippen molar-refractivity contribution in [2.75, 3.05) is 0 Å². The number of aryl methyl sites for hydroxylation is 1. The molecule has 0 aromatic heterocycles. The van der Waals surface area contributed by atoms with Crippen molar-refractivity contribution in [1.82, 2.24) is 0 Å². The highest BCUT2D eigenvalue weighted by atomic mass is 79.9. The van der Waals surface area contributed by atoms with Crippen LogP contribution in [-0.4, -0.2) is 6.04 Å². The van der Waals surface area contributed by atoms with E-state index in [1.165, 1.54) is 21.2 Å². The quantitative estimate of drug-likeness (QED) is 0.801. The third-order valence-corrected chi connectivity index (χ3v) is 3.45. The molecule has 2 rings (SSSR count). The molecule has 0 bridgehead atoms. The number of rotatable bonds is 1. The van der Waals surface area contributed by atoms with E-state index in [9.17, 15) is 0 Å². The van der Waals surface area contributed by atoms with Crippen LogP contribution in [0, 0.1) is 0 Å². The standard InChI is InChI=1S/C11H14BrN/c1-2-7-3-8-4-10(13)5-9(8)6-11(7)12/h3,6,10H,2,4-5,13H2,1H3. The van der Waals surface area contributed by atoms with Gasteiger partial charge in [-0.3, -0.25) is 0 Å². The van der Waals surface area contributed by atoms with Crippen LogP contribution in [0.3, 0.4) is 0 Å². The molecule has 1 aliphatic rings. The average Bonchev–Trinajstić information content (AvgIpc) is 2.42. The highest BCUT2D eigenvalue weighted by Crippen LogP contribution is 2.28. The summed E-state index contributed by atoms with van der Waals surface area (Å²) in [7, 11) is 0. The number of benzene rings is 1. The summed E-state index contributed by atoms with van der Waals surface area (Å²) in [6.45, 7) is 2.18. The summed E-state index contributed by atoms with van der Waals surface area (Å²) in [5, 5.41) is 0. The maximum atomic E-state index is 5.91. The van der Waals surface area contributed by atoms with Crippen molar-refractivity contribution in [2.45, 2.75) is 32.2 Å². The second-order valence-electron chi connectivity index (χ2n) is 3.73. The van der Waals surface area contributed by atoms with Crippen LogP contribution in [-0.2, 0) is 19.3 Å². The maximum Gasteiger partial charge on any atom is 0.0210 e. The Balaban J connectivity index is 2.44. The molecule has 0 saturated carbocycles. The number of halogens is 1. The molecule has 0 heterocycles. The first-order chi connectivity index (χ1) is 6.20. The topological polar surface area (TPSA) is 26.0 Å². The Morgan fingerprint density at radius 1 is 1.38 bits per heavy atom. The molecule has 1 nitrogen and oxygen atoms in total. The van der Waals surface area contributed by atoms with E-state index in [0.29, 0.717) is 6.04 Å². The monoisotopic (exact) mass is 239 g/mol. The van der Waals surface area contributed by atoms with E-state index in [0.717, 1.165) is 19.3 Å². The van der Waals surface area contributed by atoms with Crippen molar-refractivity contribution in [3.8, 4) is 0 Å². The van der Waals surface area contributed by atoms with E-state index in [4.69, 9.17) is 5.73 Å². The minimum Gasteiger partial charge on any atom is -0.327 e. The van der Waals surface area contributed by atoms with Gasteiger partial charge in [0.25, 0.3) is 0 Å². The van der Waals surface area contributed by atoms with E-state index in [2.05, 4.69) is 35.0 Å². The smallest absolute Gasteiger partial charge is 0.0210 e. The van der Waals surface area contributed by atoms with E-state index in [-0.39, 0.29) is 0 Å². The van der Waals surface area contributed by atoms with Crippen molar-refractivity contribution >= 4 is 15.9 Å². The molecule has 1 aromatic rings. The molecular weight excluding hydrogens is 226 g/mol. The molecule has 70 valence electrons. The summed E-state index contributed by atoms with van der Waals surface area (Å²) >= 11 is 3.59. The van der Waals surface area contributed by atoms with Gasteiger partial charge < -0.3 is 5.73 Å². The second kappa shape index (κ2) is 3.43. The van der Waals surface area contributed by atoms with E-state index < -0.39 is 0 Å². The lowest BCUT2D eigenvalue weighted by Gasteiger charge is -2.05. The molecule has 0 spiro atoms. The molecule has 1 unspecified atom stereocenters. The van der Waals surface area contributed by atoms with E-state index in [1.54, 1.807) is 0 Å². The summed E-state index contributed by atoms with van der Waals surface area (Å²) < 4.78 is 1.24. The van der Waals surface area contributed by atoms with Gasteiger partial charge in [-0.2, -0.15) is 0 Å². The van der Waals surface area contributed by atoms with Crippen molar-refractivity contribution in [3.63, 3.8) is 0 Å². The SMILES string of the molecule is CCc1cc2c(cc1Br)CC(N)C2. The second-order valence-corrected chi connectivity index (χ2v) is 4.59. The maximum absolute atomic E-state index is 5.91. The van der Waals surface area contributed by atoms with Gasteiger partial charge in [-0.05, 0) is 42.0 Å². The number of hydrogen-bond donors (Lipinski definition) is 1. The highest BCUT2D eigenvalue weighted by molar-refractivity contribution is 9.10. The summed E-state index contributed by atoms with van der Waals surface area (Å²) in [6.07, 6.45) is 3.18. The highest BCUT2D eigenvalue weighted by Gasteiger charge is 2.19. The van der Waals surface area contributed by atoms with Crippen molar-refractivity contribution in [3.05, 3.63) is 33.3 Å². The largest absolute Gasteiger partial charge is 0.327 e. The molecular formula is C11H14BrN. The van der Waals surface area contributed by atoms with Crippen LogP contribution in [0.15, 0.2) is 16.6 Å². The number of hydrogen-bond acceptors (Lipinski definition) is 1. The molecule has 2 heteroatoms. The lowest BCUT2D eigenvalue weighted by atomic mass is 10.1. The molecule has 0 aliphatic heterocycles. The fourth-order valence-electron chi connectivity index (χ4n) is 2.00. The van der Waals surface area contributed by atoms with Gasteiger partial charge in [0.05, 0.1) is 0 Å². The van der Waals surface area contributed by atoms with Gasteiger partial charge >= 0.3 is 0 Å². The van der Waals surface area contributed by atoms with Crippen LogP contribution >= 0.6 is 15.9 Å². The molecule has 2 N–H and O–H groups in total. The van der Waals surface area contributed by atoms with Gasteiger partial charge in [-0.1, -0.05) is 28.9 Å². The predicted octanol–water partition coefficient (Wildman–Crippen LogP) is 2.44. The molecule has 1 atom stereocenters. The fourth-order valence-corrected chi connectivity index (χ4v) is 2.67. The first-order valence-corrected chi connectivity index (χ1v) is 5.55. The van der Waals surface area contributed by atoms with Gasteiger partial charge in [0.15, 0.2) is 0 Å². The number of nitrogens with two attached hydrogens (primary N) is 1. The lowest BCUT2D eigenvalue weighted by Crippen LogP contribution is -2.18. The molecule has 1 aromatic carbocycles. The Kier molecular flexibility index (Phi) is 2.43. The van der Waals surface area contributed by atoms with Crippen molar-refractivity contribution in [2.24, 2.45) is 5.73 Å². The van der Waals surface area contributed by atoms with Crippen LogP contribution in [0.4, 0.5) is 0 Å². The molecule has 0 saturated heterocycles. The van der Waals surface area contributed by atoms with E-state index in [1.807, 2.05) is 0 Å². The van der Waals surface area contributed by atoms with Crippen LogP contribution in [0.5, 0.6) is 0 Å². The molecule has 0 amide bonds. The van der Waals surface area contributed by atoms with Crippen molar-refractivity contribution in [1.29, 1.82) is 0 Å². The summed E-state index contributed by atoms with van der Waals surface area (Å²) in [5.41, 5.74) is 10.2. The van der Waals surface area contributed by atoms with Crippen LogP contribution in [0.25, 0.3) is 0 Å². The third kappa shape index (κ3) is 1.65. The minimum absolute atomic E-state index is 0.342. The molecule has 0 fully saturated rings. The van der Waals surface area contributed by atoms with Gasteiger partial charge in [0.1, 0.15) is 0 Å².